The van der Waals surface area contributed by atoms with Crippen LogP contribution in [0.1, 0.15) is 25.3 Å². The third kappa shape index (κ3) is 4.03. The summed E-state index contributed by atoms with van der Waals surface area (Å²) >= 11 is 0. The van der Waals surface area contributed by atoms with Crippen molar-refractivity contribution in [3.8, 4) is 34.3 Å². The molecule has 0 bridgehead atoms. The van der Waals surface area contributed by atoms with E-state index in [0.717, 1.165) is 44.1 Å². The molecule has 4 aromatic carbocycles. The molecule has 7 rings (SSSR count). The molecule has 0 aliphatic heterocycles. The molecule has 5 heteroatoms. The van der Waals surface area contributed by atoms with Crippen molar-refractivity contribution in [2.24, 2.45) is 0 Å². The number of hydrogen-bond donors (Lipinski definition) is 1. The van der Waals surface area contributed by atoms with Crippen molar-refractivity contribution in [3.05, 3.63) is 121 Å². The molecule has 0 spiro atoms. The Kier molecular flexibility index (Phi) is 5.71. The Morgan fingerprint density at radius 3 is 2.35 bits per heavy atom. The monoisotopic (exact) mass is 521 g/mol. The number of phenolic OH excluding ortho intramolecular Hbond substituents is 1. The summed E-state index contributed by atoms with van der Waals surface area (Å²) < 4.78 is 8.48. The van der Waals surface area contributed by atoms with Gasteiger partial charge in [-0.3, -0.25) is 4.57 Å². The Labute approximate surface area is 232 Å². The Balaban J connectivity index is 1.34. The van der Waals surface area contributed by atoms with Crippen LogP contribution in [0, 0.1) is 0 Å². The van der Waals surface area contributed by atoms with Gasteiger partial charge in [-0.1, -0.05) is 62.4 Å². The number of ether oxygens (including phenoxy) is 1. The maximum Gasteiger partial charge on any atom is 0.219 e. The Hall–Kier alpha value is -5.16. The van der Waals surface area contributed by atoms with Gasteiger partial charge in [0, 0.05) is 34.5 Å². The summed E-state index contributed by atoms with van der Waals surface area (Å²) in [6.45, 7) is 4.38. The molecule has 0 fully saturated rings. The predicted octanol–water partition coefficient (Wildman–Crippen LogP) is 9.02. The lowest BCUT2D eigenvalue weighted by molar-refractivity contribution is 0.460. The summed E-state index contributed by atoms with van der Waals surface area (Å²) in [6.07, 6.45) is 1.88. The molecule has 1 N–H and O–H groups in total. The average Bonchev–Trinajstić information content (AvgIpc) is 3.32. The van der Waals surface area contributed by atoms with Crippen LogP contribution in [0.15, 0.2) is 115 Å². The first-order valence-corrected chi connectivity index (χ1v) is 13.4. The van der Waals surface area contributed by atoms with Crippen molar-refractivity contribution in [2.75, 3.05) is 0 Å². The molecule has 3 aromatic heterocycles. The van der Waals surface area contributed by atoms with E-state index in [-0.39, 0.29) is 5.75 Å². The quantitative estimate of drug-likeness (QED) is 0.245. The van der Waals surface area contributed by atoms with Crippen molar-refractivity contribution in [1.82, 2.24) is 14.5 Å². The maximum absolute atomic E-state index is 10.7. The van der Waals surface area contributed by atoms with E-state index in [1.165, 1.54) is 5.56 Å². The third-order valence-corrected chi connectivity index (χ3v) is 7.43. The lowest BCUT2D eigenvalue weighted by atomic mass is 10.0. The van der Waals surface area contributed by atoms with E-state index in [0.29, 0.717) is 23.1 Å². The van der Waals surface area contributed by atoms with E-state index >= 15 is 0 Å². The Morgan fingerprint density at radius 2 is 1.50 bits per heavy atom. The van der Waals surface area contributed by atoms with Crippen molar-refractivity contribution >= 4 is 32.7 Å². The molecule has 194 valence electrons. The third-order valence-electron chi connectivity index (χ3n) is 7.43. The number of fused-ring (bicyclic) bond motifs is 4. The zero-order chi connectivity index (χ0) is 27.2. The largest absolute Gasteiger partial charge is 0.506 e. The molecular weight excluding hydrogens is 494 g/mol. The number of rotatable bonds is 5. The molecule has 3 heterocycles. The molecule has 7 aromatic rings. The lowest BCUT2D eigenvalue weighted by Gasteiger charge is -2.12. The Bertz CT molecular complexity index is 2030. The highest BCUT2D eigenvalue weighted by molar-refractivity contribution is 6.09. The second-order valence-electron chi connectivity index (χ2n) is 10.3. The fourth-order valence-corrected chi connectivity index (χ4v) is 5.41. The number of para-hydroxylation sites is 1. The van der Waals surface area contributed by atoms with E-state index in [2.05, 4.69) is 73.0 Å². The summed E-state index contributed by atoms with van der Waals surface area (Å²) in [5.74, 6) is 2.45. The van der Waals surface area contributed by atoms with Crippen LogP contribution in [0.3, 0.4) is 0 Å². The fraction of sp³-hybridized carbons (Fsp3) is 0.0857. The highest BCUT2D eigenvalue weighted by atomic mass is 16.5. The van der Waals surface area contributed by atoms with Crippen LogP contribution in [0.2, 0.25) is 0 Å². The minimum absolute atomic E-state index is 0.117. The number of aromatic hydroxyl groups is 1. The lowest BCUT2D eigenvalue weighted by Crippen LogP contribution is -1.99. The zero-order valence-electron chi connectivity index (χ0n) is 22.2. The molecule has 0 amide bonds. The standard InChI is InChI=1S/C35H27N3O2/c1-22(2)24-18-19-36-33(20-24)38-30-11-7-6-10-27(30)28-13-12-25(21-31(28)38)40-34-17-15-29-26(23-8-4-3-5-9-23)14-16-32(39)35(29)37-34/h3-22,39H,1-2H3. The number of hydrogen-bond acceptors (Lipinski definition) is 4. The van der Waals surface area contributed by atoms with Crippen LogP contribution < -0.4 is 4.74 Å². The van der Waals surface area contributed by atoms with Gasteiger partial charge >= 0.3 is 0 Å². The van der Waals surface area contributed by atoms with Crippen LogP contribution in [-0.4, -0.2) is 19.6 Å². The smallest absolute Gasteiger partial charge is 0.219 e. The van der Waals surface area contributed by atoms with E-state index in [1.54, 1.807) is 6.07 Å². The number of aromatic nitrogens is 3. The van der Waals surface area contributed by atoms with Gasteiger partial charge in [0.15, 0.2) is 0 Å². The van der Waals surface area contributed by atoms with Gasteiger partial charge in [-0.2, -0.15) is 0 Å². The van der Waals surface area contributed by atoms with Gasteiger partial charge in [-0.05, 0) is 71.1 Å². The molecule has 40 heavy (non-hydrogen) atoms. The molecular formula is C35H27N3O2. The maximum atomic E-state index is 10.7. The first-order chi connectivity index (χ1) is 19.6. The van der Waals surface area contributed by atoms with Crippen molar-refractivity contribution < 1.29 is 9.84 Å². The van der Waals surface area contributed by atoms with Crippen molar-refractivity contribution in [1.29, 1.82) is 0 Å². The SMILES string of the molecule is CC(C)c1ccnc(-n2c3ccccc3c3ccc(Oc4ccc5c(-c6ccccc6)ccc(O)c5n4)cc32)c1. The van der Waals surface area contributed by atoms with Gasteiger partial charge in [0.05, 0.1) is 11.0 Å². The molecule has 0 unspecified atom stereocenters. The molecule has 0 saturated carbocycles. The summed E-state index contributed by atoms with van der Waals surface area (Å²) in [5.41, 5.74) is 5.90. The average molecular weight is 522 g/mol. The molecule has 5 nitrogen and oxygen atoms in total. The van der Waals surface area contributed by atoms with E-state index in [1.807, 2.05) is 54.7 Å². The minimum Gasteiger partial charge on any atom is -0.506 e. The summed E-state index contributed by atoms with van der Waals surface area (Å²) in [4.78, 5) is 9.44. The van der Waals surface area contributed by atoms with Gasteiger partial charge in [0.25, 0.3) is 0 Å². The van der Waals surface area contributed by atoms with E-state index in [9.17, 15) is 5.11 Å². The normalized spacial score (nSPS) is 11.6. The number of benzene rings is 4. The highest BCUT2D eigenvalue weighted by Gasteiger charge is 2.16. The van der Waals surface area contributed by atoms with Crippen molar-refractivity contribution in [3.63, 3.8) is 0 Å². The molecule has 0 atom stereocenters. The molecule has 0 aliphatic carbocycles. The van der Waals surface area contributed by atoms with Crippen LogP contribution in [0.4, 0.5) is 0 Å². The topological polar surface area (TPSA) is 60.2 Å². The van der Waals surface area contributed by atoms with Crippen LogP contribution in [-0.2, 0) is 0 Å². The van der Waals surface area contributed by atoms with Crippen LogP contribution in [0.25, 0.3) is 49.7 Å². The number of phenols is 1. The van der Waals surface area contributed by atoms with Crippen molar-refractivity contribution in [2.45, 2.75) is 19.8 Å². The van der Waals surface area contributed by atoms with E-state index in [4.69, 9.17) is 14.7 Å². The number of nitrogens with zero attached hydrogens (tertiary/aromatic N) is 3. The van der Waals surface area contributed by atoms with Gasteiger partial charge in [0.1, 0.15) is 22.8 Å². The Morgan fingerprint density at radius 1 is 0.725 bits per heavy atom. The molecule has 0 radical (unpaired) electrons. The van der Waals surface area contributed by atoms with Crippen LogP contribution >= 0.6 is 0 Å². The zero-order valence-corrected chi connectivity index (χ0v) is 22.2. The van der Waals surface area contributed by atoms with Gasteiger partial charge in [-0.25, -0.2) is 9.97 Å². The van der Waals surface area contributed by atoms with Gasteiger partial charge < -0.3 is 9.84 Å². The summed E-state index contributed by atoms with van der Waals surface area (Å²) in [5, 5.41) is 13.8. The fourth-order valence-electron chi connectivity index (χ4n) is 5.41. The molecule has 0 saturated heterocycles. The van der Waals surface area contributed by atoms with Crippen LogP contribution in [0.5, 0.6) is 17.4 Å². The highest BCUT2D eigenvalue weighted by Crippen LogP contribution is 2.37. The molecule has 0 aliphatic rings. The first-order valence-electron chi connectivity index (χ1n) is 13.4. The van der Waals surface area contributed by atoms with Gasteiger partial charge in [0.2, 0.25) is 5.88 Å². The minimum atomic E-state index is 0.117. The second kappa shape index (κ2) is 9.54. The summed E-state index contributed by atoms with van der Waals surface area (Å²) in [7, 11) is 0. The first kappa shape index (κ1) is 23.9. The predicted molar refractivity (Wildman–Crippen MR) is 162 cm³/mol. The van der Waals surface area contributed by atoms with E-state index < -0.39 is 0 Å². The second-order valence-corrected chi connectivity index (χ2v) is 10.3. The van der Waals surface area contributed by atoms with Gasteiger partial charge in [-0.15, -0.1) is 0 Å². The summed E-state index contributed by atoms with van der Waals surface area (Å²) in [6, 6.07) is 36.2. The number of pyridine rings is 2.